The molecule has 98 valence electrons. The molecule has 1 aliphatic heterocycles. The first-order chi connectivity index (χ1) is 8.68. The maximum atomic E-state index is 12.1. The lowest BCUT2D eigenvalue weighted by molar-refractivity contribution is -0.131. The zero-order valence-corrected chi connectivity index (χ0v) is 10.5. The number of carbonyl (C=O) groups is 1. The lowest BCUT2D eigenvalue weighted by Crippen LogP contribution is -2.37. The van der Waals surface area contributed by atoms with Crippen LogP contribution < -0.4 is 11.3 Å². The number of anilines is 1. The van der Waals surface area contributed by atoms with Crippen LogP contribution in [-0.4, -0.2) is 28.5 Å². The van der Waals surface area contributed by atoms with E-state index in [2.05, 4.69) is 0 Å². The molecular weight excluding hydrogens is 230 g/mol. The lowest BCUT2D eigenvalue weighted by Gasteiger charge is -2.20. The van der Waals surface area contributed by atoms with Crippen molar-refractivity contribution in [3.8, 4) is 0 Å². The zero-order chi connectivity index (χ0) is 13.0. The van der Waals surface area contributed by atoms with Crippen LogP contribution >= 0.6 is 0 Å². The van der Waals surface area contributed by atoms with Crippen LogP contribution in [0.2, 0.25) is 0 Å². The Morgan fingerprint density at radius 2 is 1.89 bits per heavy atom. The van der Waals surface area contributed by atoms with E-state index in [-0.39, 0.29) is 23.7 Å². The lowest BCUT2D eigenvalue weighted by atomic mass is 10.2. The molecule has 0 unspecified atom stereocenters. The molecule has 1 saturated heterocycles. The van der Waals surface area contributed by atoms with Gasteiger partial charge in [-0.1, -0.05) is 12.8 Å². The first-order valence-corrected chi connectivity index (χ1v) is 6.41. The molecule has 0 aliphatic carbocycles. The molecule has 0 bridgehead atoms. The predicted molar refractivity (Wildman–Crippen MR) is 70.2 cm³/mol. The molecule has 2 rings (SSSR count). The summed E-state index contributed by atoms with van der Waals surface area (Å²) in [7, 11) is 0. The maximum Gasteiger partial charge on any atom is 0.274 e. The highest BCUT2D eigenvalue weighted by atomic mass is 16.2. The number of nitrogens with zero attached hydrogens (tertiary/aromatic N) is 2. The highest BCUT2D eigenvalue weighted by molar-refractivity contribution is 5.76. The summed E-state index contributed by atoms with van der Waals surface area (Å²) in [5, 5.41) is 0. The highest BCUT2D eigenvalue weighted by Crippen LogP contribution is 2.10. The normalized spacial score (nSPS) is 16.3. The van der Waals surface area contributed by atoms with Gasteiger partial charge >= 0.3 is 0 Å². The summed E-state index contributed by atoms with van der Waals surface area (Å²) in [5.74, 6) is 0.00426. The Labute approximate surface area is 106 Å². The van der Waals surface area contributed by atoms with Gasteiger partial charge in [-0.15, -0.1) is 0 Å². The Kier molecular flexibility index (Phi) is 4.02. The smallest absolute Gasteiger partial charge is 0.274 e. The average molecular weight is 249 g/mol. The van der Waals surface area contributed by atoms with Crippen molar-refractivity contribution >= 4 is 11.6 Å². The SMILES string of the molecule is Nc1cccn(CC(=O)N2CCCCCC2)c1=O. The standard InChI is InChI=1S/C13H19N3O2/c14-11-6-5-9-16(13(11)18)10-12(17)15-7-3-1-2-4-8-15/h5-6,9H,1-4,7-8,10,14H2. The molecule has 0 aromatic carbocycles. The maximum absolute atomic E-state index is 12.1. The van der Waals surface area contributed by atoms with E-state index in [1.807, 2.05) is 4.90 Å². The summed E-state index contributed by atoms with van der Waals surface area (Å²) in [5.41, 5.74) is 5.43. The number of hydrogen-bond acceptors (Lipinski definition) is 3. The minimum Gasteiger partial charge on any atom is -0.394 e. The number of carbonyl (C=O) groups excluding carboxylic acids is 1. The van der Waals surface area contributed by atoms with E-state index in [1.165, 1.54) is 17.4 Å². The third kappa shape index (κ3) is 2.91. The van der Waals surface area contributed by atoms with E-state index >= 15 is 0 Å². The van der Waals surface area contributed by atoms with Crippen molar-refractivity contribution in [2.75, 3.05) is 18.8 Å². The quantitative estimate of drug-likeness (QED) is 0.844. The van der Waals surface area contributed by atoms with Gasteiger partial charge in [-0.2, -0.15) is 0 Å². The van der Waals surface area contributed by atoms with Gasteiger partial charge in [-0.3, -0.25) is 9.59 Å². The second-order valence-electron chi connectivity index (χ2n) is 4.69. The summed E-state index contributed by atoms with van der Waals surface area (Å²) in [6.07, 6.45) is 6.08. The molecule has 2 N–H and O–H groups in total. The molecule has 2 heterocycles. The van der Waals surface area contributed by atoms with Crippen LogP contribution in [0, 0.1) is 0 Å². The van der Waals surface area contributed by atoms with Gasteiger partial charge in [0, 0.05) is 19.3 Å². The molecule has 1 aromatic rings. The molecule has 1 aliphatic rings. The fourth-order valence-corrected chi connectivity index (χ4v) is 2.25. The van der Waals surface area contributed by atoms with Crippen molar-refractivity contribution in [2.24, 2.45) is 0 Å². The fraction of sp³-hybridized carbons (Fsp3) is 0.538. The molecule has 1 fully saturated rings. The van der Waals surface area contributed by atoms with Gasteiger partial charge in [0.15, 0.2) is 0 Å². The molecule has 0 radical (unpaired) electrons. The van der Waals surface area contributed by atoms with E-state index < -0.39 is 0 Å². The second kappa shape index (κ2) is 5.71. The third-order valence-electron chi connectivity index (χ3n) is 3.31. The van der Waals surface area contributed by atoms with Gasteiger partial charge in [0.1, 0.15) is 6.54 Å². The highest BCUT2D eigenvalue weighted by Gasteiger charge is 2.16. The first kappa shape index (κ1) is 12.7. The number of likely N-dealkylation sites (tertiary alicyclic amines) is 1. The molecule has 1 amide bonds. The second-order valence-corrected chi connectivity index (χ2v) is 4.69. The largest absolute Gasteiger partial charge is 0.394 e. The van der Waals surface area contributed by atoms with Crippen molar-refractivity contribution < 1.29 is 4.79 Å². The van der Waals surface area contributed by atoms with Crippen molar-refractivity contribution in [1.82, 2.24) is 9.47 Å². The Balaban J connectivity index is 2.06. The number of aromatic nitrogens is 1. The Bertz CT molecular complexity index is 473. The molecule has 5 heteroatoms. The Morgan fingerprint density at radius 1 is 1.22 bits per heavy atom. The van der Waals surface area contributed by atoms with Crippen LogP contribution in [0.25, 0.3) is 0 Å². The van der Waals surface area contributed by atoms with E-state index in [0.717, 1.165) is 25.9 Å². The van der Waals surface area contributed by atoms with Crippen molar-refractivity contribution in [2.45, 2.75) is 32.2 Å². The number of amides is 1. The van der Waals surface area contributed by atoms with Crippen molar-refractivity contribution in [1.29, 1.82) is 0 Å². The minimum atomic E-state index is -0.291. The van der Waals surface area contributed by atoms with Gasteiger partial charge in [-0.05, 0) is 25.0 Å². The number of nitrogens with two attached hydrogens (primary N) is 1. The number of pyridine rings is 1. The van der Waals surface area contributed by atoms with Crippen LogP contribution in [-0.2, 0) is 11.3 Å². The number of hydrogen-bond donors (Lipinski definition) is 1. The van der Waals surface area contributed by atoms with E-state index in [1.54, 1.807) is 18.3 Å². The first-order valence-electron chi connectivity index (χ1n) is 6.41. The summed E-state index contributed by atoms with van der Waals surface area (Å²) in [6, 6.07) is 3.24. The summed E-state index contributed by atoms with van der Waals surface area (Å²) >= 11 is 0. The van der Waals surface area contributed by atoms with Crippen LogP contribution in [0.3, 0.4) is 0 Å². The Hall–Kier alpha value is -1.78. The summed E-state index contributed by atoms with van der Waals surface area (Å²) < 4.78 is 1.38. The molecule has 0 atom stereocenters. The molecule has 0 saturated carbocycles. The van der Waals surface area contributed by atoms with E-state index in [4.69, 9.17) is 5.73 Å². The van der Waals surface area contributed by atoms with E-state index in [9.17, 15) is 9.59 Å². The molecule has 0 spiro atoms. The van der Waals surface area contributed by atoms with Gasteiger partial charge < -0.3 is 15.2 Å². The van der Waals surface area contributed by atoms with Gasteiger partial charge in [-0.25, -0.2) is 0 Å². The van der Waals surface area contributed by atoms with Crippen LogP contribution in [0.4, 0.5) is 5.69 Å². The average Bonchev–Trinajstić information content (AvgIpc) is 2.63. The monoisotopic (exact) mass is 249 g/mol. The zero-order valence-electron chi connectivity index (χ0n) is 10.5. The molecule has 1 aromatic heterocycles. The van der Waals surface area contributed by atoms with Crippen molar-refractivity contribution in [3.63, 3.8) is 0 Å². The minimum absolute atomic E-state index is 0.00426. The fourth-order valence-electron chi connectivity index (χ4n) is 2.25. The number of nitrogen functional groups attached to an aromatic ring is 1. The van der Waals surface area contributed by atoms with Crippen LogP contribution in [0.1, 0.15) is 25.7 Å². The topological polar surface area (TPSA) is 68.3 Å². The van der Waals surface area contributed by atoms with Crippen LogP contribution in [0.15, 0.2) is 23.1 Å². The molecule has 5 nitrogen and oxygen atoms in total. The van der Waals surface area contributed by atoms with Gasteiger partial charge in [0.2, 0.25) is 5.91 Å². The summed E-state index contributed by atoms with van der Waals surface area (Å²) in [6.45, 7) is 1.69. The van der Waals surface area contributed by atoms with E-state index in [0.29, 0.717) is 0 Å². The molecule has 18 heavy (non-hydrogen) atoms. The molecular formula is C13H19N3O2. The third-order valence-corrected chi connectivity index (χ3v) is 3.31. The van der Waals surface area contributed by atoms with Crippen molar-refractivity contribution in [3.05, 3.63) is 28.7 Å². The Morgan fingerprint density at radius 3 is 2.56 bits per heavy atom. The summed E-state index contributed by atoms with van der Waals surface area (Å²) in [4.78, 5) is 25.7. The van der Waals surface area contributed by atoms with Gasteiger partial charge in [0.25, 0.3) is 5.56 Å². The predicted octanol–water partition coefficient (Wildman–Crippen LogP) is 0.833. The number of rotatable bonds is 2. The van der Waals surface area contributed by atoms with Gasteiger partial charge in [0.05, 0.1) is 5.69 Å². The van der Waals surface area contributed by atoms with Crippen LogP contribution in [0.5, 0.6) is 0 Å².